The normalized spacial score (nSPS) is 13.3. The molecule has 2 aromatic rings. The third kappa shape index (κ3) is 3.17. The van der Waals surface area contributed by atoms with Crippen LogP contribution in [0.15, 0.2) is 15.4 Å². The number of hydrogen-bond acceptors (Lipinski definition) is 6. The van der Waals surface area contributed by atoms with Gasteiger partial charge in [0.05, 0.1) is 5.51 Å². The third-order valence-corrected chi connectivity index (χ3v) is 3.08. The summed E-state index contributed by atoms with van der Waals surface area (Å²) in [6.07, 6.45) is 0. The molecule has 19 heavy (non-hydrogen) atoms. The van der Waals surface area contributed by atoms with Gasteiger partial charge in [0, 0.05) is 10.8 Å². The number of carbonyl (C=O) groups is 1. The maximum atomic E-state index is 11.8. The second kappa shape index (κ2) is 5.08. The molecule has 0 saturated carbocycles. The molecule has 0 saturated heterocycles. The Morgan fingerprint density at radius 2 is 2.21 bits per heavy atom. The molecule has 0 aliphatic carbocycles. The fourth-order valence-electron chi connectivity index (χ4n) is 1.37. The molecule has 2 rings (SSSR count). The lowest BCUT2D eigenvalue weighted by Crippen LogP contribution is -2.27. The fourth-order valence-corrected chi connectivity index (χ4v) is 1.90. The highest BCUT2D eigenvalue weighted by atomic mass is 32.1. The van der Waals surface area contributed by atoms with Crippen molar-refractivity contribution in [1.82, 2.24) is 20.4 Å². The van der Waals surface area contributed by atoms with E-state index in [0.29, 0.717) is 17.4 Å². The van der Waals surface area contributed by atoms with Gasteiger partial charge >= 0.3 is 0 Å². The third-order valence-electron chi connectivity index (χ3n) is 2.50. The van der Waals surface area contributed by atoms with Gasteiger partial charge < -0.3 is 9.84 Å². The Hall–Kier alpha value is -1.76. The lowest BCUT2D eigenvalue weighted by molar-refractivity contribution is 0.0928. The van der Waals surface area contributed by atoms with E-state index in [-0.39, 0.29) is 17.4 Å². The summed E-state index contributed by atoms with van der Waals surface area (Å²) in [4.78, 5) is 20.1. The molecule has 0 radical (unpaired) electrons. The quantitative estimate of drug-likeness (QED) is 0.933. The van der Waals surface area contributed by atoms with Gasteiger partial charge in [0.25, 0.3) is 5.91 Å². The van der Waals surface area contributed by atoms with Gasteiger partial charge in [0.2, 0.25) is 5.89 Å². The number of aromatic nitrogens is 3. The number of thiazole rings is 1. The molecule has 102 valence electrons. The molecule has 2 aromatic heterocycles. The molecule has 0 spiro atoms. The molecule has 1 atom stereocenters. The molecule has 0 aliphatic heterocycles. The molecular formula is C12H16N4O2S. The number of rotatable bonds is 3. The zero-order chi connectivity index (χ0) is 14.0. The fraction of sp³-hybridized carbons (Fsp3) is 0.500. The predicted molar refractivity (Wildman–Crippen MR) is 71.0 cm³/mol. The van der Waals surface area contributed by atoms with Gasteiger partial charge in [-0.05, 0) is 6.92 Å². The van der Waals surface area contributed by atoms with Crippen molar-refractivity contribution < 1.29 is 9.32 Å². The summed E-state index contributed by atoms with van der Waals surface area (Å²) >= 11 is 1.37. The van der Waals surface area contributed by atoms with Crippen LogP contribution in [0.2, 0.25) is 0 Å². The van der Waals surface area contributed by atoms with Crippen LogP contribution in [0, 0.1) is 0 Å². The van der Waals surface area contributed by atoms with Crippen molar-refractivity contribution in [2.24, 2.45) is 0 Å². The van der Waals surface area contributed by atoms with E-state index < -0.39 is 0 Å². The van der Waals surface area contributed by atoms with Gasteiger partial charge in [-0.3, -0.25) is 4.79 Å². The summed E-state index contributed by atoms with van der Waals surface area (Å²) in [6.45, 7) is 7.80. The van der Waals surface area contributed by atoms with Crippen molar-refractivity contribution in [3.63, 3.8) is 0 Å². The SMILES string of the molecule is C[C@H](NC(=O)c1cscn1)c1nc(C(C)(C)C)no1. The highest BCUT2D eigenvalue weighted by Gasteiger charge is 2.24. The van der Waals surface area contributed by atoms with Crippen LogP contribution >= 0.6 is 11.3 Å². The minimum atomic E-state index is -0.349. The summed E-state index contributed by atoms with van der Waals surface area (Å²) in [5, 5.41) is 8.39. The van der Waals surface area contributed by atoms with Crippen molar-refractivity contribution in [3.05, 3.63) is 28.3 Å². The minimum absolute atomic E-state index is 0.180. The first-order valence-electron chi connectivity index (χ1n) is 5.91. The number of nitrogens with zero attached hydrogens (tertiary/aromatic N) is 3. The van der Waals surface area contributed by atoms with Crippen LogP contribution in [0.4, 0.5) is 0 Å². The molecule has 1 amide bonds. The van der Waals surface area contributed by atoms with Gasteiger partial charge in [0.15, 0.2) is 5.82 Å². The minimum Gasteiger partial charge on any atom is -0.339 e. The summed E-state index contributed by atoms with van der Waals surface area (Å²) in [7, 11) is 0. The highest BCUT2D eigenvalue weighted by molar-refractivity contribution is 7.07. The first kappa shape index (κ1) is 13.7. The van der Waals surface area contributed by atoms with Crippen LogP contribution in [-0.2, 0) is 5.41 Å². The van der Waals surface area contributed by atoms with E-state index in [9.17, 15) is 4.79 Å². The second-order valence-corrected chi connectivity index (χ2v) is 5.99. The zero-order valence-electron chi connectivity index (χ0n) is 11.3. The van der Waals surface area contributed by atoms with E-state index in [4.69, 9.17) is 4.52 Å². The second-order valence-electron chi connectivity index (χ2n) is 5.28. The lowest BCUT2D eigenvalue weighted by Gasteiger charge is -2.11. The molecule has 7 heteroatoms. The van der Waals surface area contributed by atoms with E-state index >= 15 is 0 Å². The van der Waals surface area contributed by atoms with E-state index in [1.165, 1.54) is 11.3 Å². The van der Waals surface area contributed by atoms with Gasteiger partial charge in [-0.25, -0.2) is 4.98 Å². The summed E-state index contributed by atoms with van der Waals surface area (Å²) in [6, 6.07) is -0.349. The summed E-state index contributed by atoms with van der Waals surface area (Å²) < 4.78 is 5.18. The standard InChI is InChI=1S/C12H16N4O2S/c1-7(14-9(17)8-5-19-6-13-8)10-15-11(16-18-10)12(2,3)4/h5-7H,1-4H3,(H,14,17)/t7-/m0/s1. The summed E-state index contributed by atoms with van der Waals surface area (Å²) in [5.41, 5.74) is 1.83. The Kier molecular flexibility index (Phi) is 3.66. The first-order valence-corrected chi connectivity index (χ1v) is 6.85. The van der Waals surface area contributed by atoms with Crippen LogP contribution in [-0.4, -0.2) is 21.0 Å². The van der Waals surface area contributed by atoms with Crippen LogP contribution < -0.4 is 5.32 Å². The average Bonchev–Trinajstić information content (AvgIpc) is 3.00. The molecule has 0 aromatic carbocycles. The molecule has 0 bridgehead atoms. The molecule has 2 heterocycles. The van der Waals surface area contributed by atoms with Crippen LogP contribution in [0.25, 0.3) is 0 Å². The van der Waals surface area contributed by atoms with Crippen molar-refractivity contribution in [3.8, 4) is 0 Å². The number of carbonyl (C=O) groups excluding carboxylic acids is 1. The van der Waals surface area contributed by atoms with Gasteiger partial charge in [-0.15, -0.1) is 11.3 Å². The Labute approximate surface area is 115 Å². The van der Waals surface area contributed by atoms with Crippen molar-refractivity contribution in [1.29, 1.82) is 0 Å². The molecule has 6 nitrogen and oxygen atoms in total. The molecule has 0 aliphatic rings. The first-order chi connectivity index (χ1) is 8.88. The molecule has 0 unspecified atom stereocenters. The molecular weight excluding hydrogens is 264 g/mol. The maximum Gasteiger partial charge on any atom is 0.271 e. The van der Waals surface area contributed by atoms with Gasteiger partial charge in [-0.2, -0.15) is 4.98 Å². The summed E-state index contributed by atoms with van der Waals surface area (Å²) in [5.74, 6) is 0.773. The van der Waals surface area contributed by atoms with Crippen molar-refractivity contribution in [2.75, 3.05) is 0 Å². The topological polar surface area (TPSA) is 80.9 Å². The molecule has 1 N–H and O–H groups in total. The Morgan fingerprint density at radius 1 is 1.47 bits per heavy atom. The largest absolute Gasteiger partial charge is 0.339 e. The van der Waals surface area contributed by atoms with Crippen LogP contribution in [0.3, 0.4) is 0 Å². The Balaban J connectivity index is 2.06. The Bertz CT molecular complexity index is 557. The smallest absolute Gasteiger partial charge is 0.271 e. The lowest BCUT2D eigenvalue weighted by atomic mass is 9.96. The predicted octanol–water partition coefficient (Wildman–Crippen LogP) is 2.31. The van der Waals surface area contributed by atoms with Gasteiger partial charge in [0.1, 0.15) is 11.7 Å². The number of amides is 1. The maximum absolute atomic E-state index is 11.8. The zero-order valence-corrected chi connectivity index (χ0v) is 12.1. The van der Waals surface area contributed by atoms with Crippen LogP contribution in [0.1, 0.15) is 55.9 Å². The molecule has 0 fully saturated rings. The van der Waals surface area contributed by atoms with Crippen molar-refractivity contribution in [2.45, 2.75) is 39.2 Å². The van der Waals surface area contributed by atoms with E-state index in [2.05, 4.69) is 20.4 Å². The van der Waals surface area contributed by atoms with Gasteiger partial charge in [-0.1, -0.05) is 25.9 Å². The highest BCUT2D eigenvalue weighted by Crippen LogP contribution is 2.20. The van der Waals surface area contributed by atoms with E-state index in [0.717, 1.165) is 0 Å². The monoisotopic (exact) mass is 280 g/mol. The number of hydrogen-bond donors (Lipinski definition) is 1. The Morgan fingerprint density at radius 3 is 2.74 bits per heavy atom. The average molecular weight is 280 g/mol. The van der Waals surface area contributed by atoms with Crippen LogP contribution in [0.5, 0.6) is 0 Å². The van der Waals surface area contributed by atoms with E-state index in [1.54, 1.807) is 17.8 Å². The van der Waals surface area contributed by atoms with E-state index in [1.807, 2.05) is 20.8 Å². The van der Waals surface area contributed by atoms with Crippen molar-refractivity contribution >= 4 is 17.2 Å². The number of nitrogens with one attached hydrogen (secondary N) is 1.